The van der Waals surface area contributed by atoms with Crippen LogP contribution >= 0.6 is 11.3 Å². The molecule has 1 atom stereocenters. The number of amides is 2. The number of benzene rings is 2. The van der Waals surface area contributed by atoms with Gasteiger partial charge in [-0.15, -0.1) is 11.3 Å². The Morgan fingerprint density at radius 3 is 2.18 bits per heavy atom. The molecule has 1 aromatic heterocycles. The summed E-state index contributed by atoms with van der Waals surface area (Å²) in [5.74, 6) is -0.743. The molecule has 0 unspecified atom stereocenters. The van der Waals surface area contributed by atoms with Crippen molar-refractivity contribution in [2.75, 3.05) is 36.8 Å². The number of hydrogen-bond acceptors (Lipinski definition) is 8. The highest BCUT2D eigenvalue weighted by Crippen LogP contribution is 2.33. The van der Waals surface area contributed by atoms with Gasteiger partial charge in [0.1, 0.15) is 11.4 Å². The molecule has 1 aliphatic rings. The smallest absolute Gasteiger partial charge is 0.264 e. The van der Waals surface area contributed by atoms with E-state index in [4.69, 9.17) is 0 Å². The number of thiophene rings is 1. The summed E-state index contributed by atoms with van der Waals surface area (Å²) in [6, 6.07) is 17.7. The van der Waals surface area contributed by atoms with Gasteiger partial charge in [0.2, 0.25) is 0 Å². The van der Waals surface area contributed by atoms with E-state index in [9.17, 15) is 24.3 Å². The average molecular weight is 545 g/mol. The number of nitrogens with zero attached hydrogens (tertiary/aromatic N) is 2. The summed E-state index contributed by atoms with van der Waals surface area (Å²) in [5.41, 5.74) is 0.0776. The van der Waals surface area contributed by atoms with E-state index in [1.165, 1.54) is 17.4 Å². The van der Waals surface area contributed by atoms with Crippen LogP contribution in [0.1, 0.15) is 45.0 Å². The van der Waals surface area contributed by atoms with E-state index in [1.54, 1.807) is 28.0 Å². The van der Waals surface area contributed by atoms with Gasteiger partial charge in [0.15, 0.2) is 5.75 Å². The normalized spacial score (nSPS) is 14.3. The summed E-state index contributed by atoms with van der Waals surface area (Å²) >= 11 is 1.38. The van der Waals surface area contributed by atoms with E-state index in [-0.39, 0.29) is 46.2 Å². The monoisotopic (exact) mass is 544 g/mol. The Bertz CT molecular complexity index is 1550. The third kappa shape index (κ3) is 5.15. The number of carbonyl (C=O) groups is 2. The number of aromatic hydroxyl groups is 1. The molecule has 1 saturated heterocycles. The molecular weight excluding hydrogens is 516 g/mol. The van der Waals surface area contributed by atoms with Crippen molar-refractivity contribution < 1.29 is 14.7 Å². The van der Waals surface area contributed by atoms with Crippen LogP contribution in [0.15, 0.2) is 75.6 Å². The standard InChI is InChI=1S/C29H28N4O5S/c1-2-20(18-8-4-3-5-9-18)30-23-24(27(36)26(23)35)31-21-11-6-10-19(25(21)34)28(37)32-13-15-33(16-14-32)29(38)22-12-7-17-39-22/h3-12,17,20,30-31,34H,2,13-16H2,1H3/t20-/m1/s1. The molecule has 0 radical (unpaired) electrons. The average Bonchev–Trinajstić information content (AvgIpc) is 3.52. The fourth-order valence-corrected chi connectivity index (χ4v) is 5.41. The molecule has 0 bridgehead atoms. The summed E-state index contributed by atoms with van der Waals surface area (Å²) < 4.78 is 0. The Morgan fingerprint density at radius 2 is 1.54 bits per heavy atom. The zero-order valence-corrected chi connectivity index (χ0v) is 22.2. The van der Waals surface area contributed by atoms with Gasteiger partial charge in [0.05, 0.1) is 22.2 Å². The number of anilines is 3. The maximum absolute atomic E-state index is 13.3. The van der Waals surface area contributed by atoms with Crippen molar-refractivity contribution in [2.24, 2.45) is 0 Å². The maximum atomic E-state index is 13.3. The fraction of sp³-hybridized carbons (Fsp3) is 0.241. The molecule has 39 heavy (non-hydrogen) atoms. The lowest BCUT2D eigenvalue weighted by molar-refractivity contribution is 0.0536. The van der Waals surface area contributed by atoms with E-state index in [0.29, 0.717) is 37.5 Å². The second-order valence-electron chi connectivity index (χ2n) is 9.31. The third-order valence-corrected chi connectivity index (χ3v) is 7.81. The van der Waals surface area contributed by atoms with Crippen LogP contribution in [0.4, 0.5) is 17.1 Å². The van der Waals surface area contributed by atoms with Crippen molar-refractivity contribution in [1.82, 2.24) is 9.80 Å². The van der Waals surface area contributed by atoms with Crippen LogP contribution in [0.2, 0.25) is 0 Å². The quantitative estimate of drug-likeness (QED) is 0.227. The van der Waals surface area contributed by atoms with E-state index >= 15 is 0 Å². The highest BCUT2D eigenvalue weighted by Gasteiger charge is 2.29. The van der Waals surface area contributed by atoms with Gasteiger partial charge < -0.3 is 25.5 Å². The first-order valence-corrected chi connectivity index (χ1v) is 13.6. The molecule has 2 heterocycles. The zero-order valence-electron chi connectivity index (χ0n) is 21.3. The molecule has 4 aromatic rings. The number of phenolic OH excluding ortho intramolecular Hbond substituents is 1. The summed E-state index contributed by atoms with van der Waals surface area (Å²) in [4.78, 5) is 54.7. The van der Waals surface area contributed by atoms with Crippen LogP contribution in [0, 0.1) is 0 Å². The van der Waals surface area contributed by atoms with Gasteiger partial charge in [0.25, 0.3) is 22.7 Å². The van der Waals surface area contributed by atoms with Gasteiger partial charge >= 0.3 is 0 Å². The molecule has 9 nitrogen and oxygen atoms in total. The Balaban J connectivity index is 1.29. The summed E-state index contributed by atoms with van der Waals surface area (Å²) in [7, 11) is 0. The van der Waals surface area contributed by atoms with Crippen LogP contribution in [0.3, 0.4) is 0 Å². The Morgan fingerprint density at radius 1 is 0.872 bits per heavy atom. The Kier molecular flexibility index (Phi) is 7.47. The molecule has 1 aliphatic heterocycles. The molecule has 5 rings (SSSR count). The lowest BCUT2D eigenvalue weighted by Crippen LogP contribution is -2.50. The predicted molar refractivity (Wildman–Crippen MR) is 152 cm³/mol. The lowest BCUT2D eigenvalue weighted by atomic mass is 10.0. The number of para-hydroxylation sites is 1. The van der Waals surface area contributed by atoms with Gasteiger partial charge in [-0.3, -0.25) is 19.2 Å². The number of carbonyl (C=O) groups excluding carboxylic acids is 2. The van der Waals surface area contributed by atoms with Crippen molar-refractivity contribution in [2.45, 2.75) is 19.4 Å². The van der Waals surface area contributed by atoms with E-state index < -0.39 is 10.9 Å². The van der Waals surface area contributed by atoms with Gasteiger partial charge in [0, 0.05) is 26.2 Å². The van der Waals surface area contributed by atoms with Gasteiger partial charge in [-0.2, -0.15) is 0 Å². The zero-order chi connectivity index (χ0) is 27.5. The fourth-order valence-electron chi connectivity index (χ4n) is 4.72. The number of nitrogens with one attached hydrogen (secondary N) is 2. The van der Waals surface area contributed by atoms with Gasteiger partial charge in [-0.25, -0.2) is 0 Å². The van der Waals surface area contributed by atoms with Crippen molar-refractivity contribution in [3.63, 3.8) is 0 Å². The minimum Gasteiger partial charge on any atom is -0.505 e. The minimum atomic E-state index is -0.692. The van der Waals surface area contributed by atoms with Crippen LogP contribution in [-0.4, -0.2) is 52.9 Å². The minimum absolute atomic E-state index is 0.0509. The summed E-state index contributed by atoms with van der Waals surface area (Å²) in [6.07, 6.45) is 0.684. The molecular formula is C29H28N4O5S. The Labute approximate surface area is 229 Å². The number of hydrogen-bond donors (Lipinski definition) is 3. The Hall–Kier alpha value is -4.44. The predicted octanol–water partition coefficient (Wildman–Crippen LogP) is 3.95. The third-order valence-electron chi connectivity index (χ3n) is 6.95. The molecule has 200 valence electrons. The van der Waals surface area contributed by atoms with Crippen molar-refractivity contribution in [1.29, 1.82) is 0 Å². The van der Waals surface area contributed by atoms with Crippen molar-refractivity contribution in [3.8, 4) is 5.75 Å². The van der Waals surface area contributed by atoms with Gasteiger partial charge in [-0.05, 0) is 35.6 Å². The largest absolute Gasteiger partial charge is 0.505 e. The highest BCUT2D eigenvalue weighted by molar-refractivity contribution is 7.12. The maximum Gasteiger partial charge on any atom is 0.264 e. The molecule has 0 spiro atoms. The van der Waals surface area contributed by atoms with Crippen LogP contribution in [-0.2, 0) is 0 Å². The van der Waals surface area contributed by atoms with Crippen LogP contribution in [0.5, 0.6) is 5.75 Å². The summed E-state index contributed by atoms with van der Waals surface area (Å²) in [5, 5.41) is 18.8. The second-order valence-corrected chi connectivity index (χ2v) is 10.3. The van der Waals surface area contributed by atoms with E-state index in [2.05, 4.69) is 10.6 Å². The van der Waals surface area contributed by atoms with Gasteiger partial charge in [-0.1, -0.05) is 49.4 Å². The van der Waals surface area contributed by atoms with Crippen LogP contribution < -0.4 is 21.5 Å². The molecule has 0 saturated carbocycles. The number of rotatable bonds is 8. The van der Waals surface area contributed by atoms with Crippen LogP contribution in [0.25, 0.3) is 0 Å². The SMILES string of the molecule is CC[C@@H](Nc1c(Nc2cccc(C(=O)N3CCN(C(=O)c4cccs4)CC3)c2O)c(=O)c1=O)c1ccccc1. The molecule has 10 heteroatoms. The molecule has 0 aliphatic carbocycles. The topological polar surface area (TPSA) is 119 Å². The second kappa shape index (κ2) is 11.1. The first kappa shape index (κ1) is 26.2. The number of piperazine rings is 1. The summed E-state index contributed by atoms with van der Waals surface area (Å²) in [6.45, 7) is 3.41. The van der Waals surface area contributed by atoms with Crippen molar-refractivity contribution in [3.05, 3.63) is 102 Å². The van der Waals surface area contributed by atoms with E-state index in [0.717, 1.165) is 5.56 Å². The van der Waals surface area contributed by atoms with E-state index in [1.807, 2.05) is 48.7 Å². The lowest BCUT2D eigenvalue weighted by Gasteiger charge is -2.34. The molecule has 3 N–H and O–H groups in total. The molecule has 3 aromatic carbocycles. The molecule has 1 fully saturated rings. The molecule has 2 amide bonds. The number of phenols is 1. The first-order valence-electron chi connectivity index (χ1n) is 12.7. The highest BCUT2D eigenvalue weighted by atomic mass is 32.1. The first-order chi connectivity index (χ1) is 18.9. The van der Waals surface area contributed by atoms with Crippen molar-refractivity contribution >= 4 is 40.2 Å².